The van der Waals surface area contributed by atoms with Crippen LogP contribution in [0.15, 0.2) is 24.4 Å². The Hall–Kier alpha value is -3.73. The predicted octanol–water partition coefficient (Wildman–Crippen LogP) is 1.98. The van der Waals surface area contributed by atoms with Crippen LogP contribution in [0, 0.1) is 0 Å². The van der Waals surface area contributed by atoms with Crippen LogP contribution < -0.4 is 16.0 Å². The second-order valence-electron chi connectivity index (χ2n) is 8.26. The van der Waals surface area contributed by atoms with Gasteiger partial charge in [0.25, 0.3) is 5.91 Å². The molecule has 6 rings (SSSR count). The van der Waals surface area contributed by atoms with Crippen molar-refractivity contribution in [2.75, 3.05) is 17.7 Å². The zero-order valence-corrected chi connectivity index (χ0v) is 17.8. The SMILES string of the molecule is CNc1cc2nn3c(cnc13)C(=O)N[C@@H]1CCC[C@@H]1OCc1cc(c3nn(C)nc3c1)N2. The van der Waals surface area contributed by atoms with Gasteiger partial charge in [0.1, 0.15) is 11.0 Å². The number of hydrogen-bond donors (Lipinski definition) is 3. The average molecular weight is 433 g/mol. The van der Waals surface area contributed by atoms with Gasteiger partial charge in [-0.15, -0.1) is 5.10 Å². The molecule has 1 aliphatic carbocycles. The van der Waals surface area contributed by atoms with Gasteiger partial charge in [0.2, 0.25) is 0 Å². The summed E-state index contributed by atoms with van der Waals surface area (Å²) < 4.78 is 7.82. The van der Waals surface area contributed by atoms with Gasteiger partial charge in [-0.1, -0.05) is 0 Å². The summed E-state index contributed by atoms with van der Waals surface area (Å²) in [4.78, 5) is 19.1. The molecule has 32 heavy (non-hydrogen) atoms. The number of carbonyl (C=O) groups is 1. The van der Waals surface area contributed by atoms with Crippen molar-refractivity contribution in [2.24, 2.45) is 7.05 Å². The molecule has 1 aromatic carbocycles. The minimum atomic E-state index is -0.211. The van der Waals surface area contributed by atoms with Crippen molar-refractivity contribution < 1.29 is 9.53 Å². The number of aryl methyl sites for hydroxylation is 1. The molecule has 3 aromatic heterocycles. The van der Waals surface area contributed by atoms with Crippen molar-refractivity contribution in [3.05, 3.63) is 35.7 Å². The summed E-state index contributed by atoms with van der Waals surface area (Å²) in [6.07, 6.45) is 4.30. The maximum atomic E-state index is 13.1. The van der Waals surface area contributed by atoms with E-state index in [1.54, 1.807) is 22.6 Å². The van der Waals surface area contributed by atoms with Crippen LogP contribution >= 0.6 is 0 Å². The molecule has 0 radical (unpaired) electrons. The molecule has 4 heterocycles. The summed E-state index contributed by atoms with van der Waals surface area (Å²) >= 11 is 0. The topological polar surface area (TPSA) is 123 Å². The molecule has 1 saturated carbocycles. The first-order chi connectivity index (χ1) is 15.6. The molecule has 0 unspecified atom stereocenters. The summed E-state index contributed by atoms with van der Waals surface area (Å²) in [6.45, 7) is 0.421. The number of nitrogens with one attached hydrogen (secondary N) is 3. The quantitative estimate of drug-likeness (QED) is 0.416. The van der Waals surface area contributed by atoms with E-state index in [1.807, 2.05) is 25.2 Å². The number of hydrogen-bond acceptors (Lipinski definition) is 8. The average Bonchev–Trinajstić information content (AvgIpc) is 3.49. The third-order valence-corrected chi connectivity index (χ3v) is 6.11. The zero-order chi connectivity index (χ0) is 21.8. The largest absolute Gasteiger partial charge is 0.385 e. The van der Waals surface area contributed by atoms with Crippen molar-refractivity contribution >= 4 is 39.8 Å². The molecule has 2 atom stereocenters. The lowest BCUT2D eigenvalue weighted by Gasteiger charge is -2.22. The number of nitrogens with zero attached hydrogens (tertiary/aromatic N) is 6. The Balaban J connectivity index is 1.56. The Labute approximate surface area is 183 Å². The molecular weight excluding hydrogens is 410 g/mol. The molecule has 164 valence electrons. The van der Waals surface area contributed by atoms with Crippen LogP contribution in [-0.2, 0) is 18.4 Å². The molecule has 0 saturated heterocycles. The van der Waals surface area contributed by atoms with Gasteiger partial charge in [-0.25, -0.2) is 9.50 Å². The zero-order valence-electron chi connectivity index (χ0n) is 17.8. The predicted molar refractivity (Wildman–Crippen MR) is 118 cm³/mol. The lowest BCUT2D eigenvalue weighted by atomic mass is 10.1. The number of imidazole rings is 1. The van der Waals surface area contributed by atoms with Crippen molar-refractivity contribution in [3.63, 3.8) is 0 Å². The van der Waals surface area contributed by atoms with Gasteiger partial charge in [0.05, 0.1) is 36.3 Å². The number of rotatable bonds is 1. The van der Waals surface area contributed by atoms with E-state index in [9.17, 15) is 4.79 Å². The fourth-order valence-electron chi connectivity index (χ4n) is 4.60. The molecule has 11 nitrogen and oxygen atoms in total. The first-order valence-corrected chi connectivity index (χ1v) is 10.7. The Bertz CT molecular complexity index is 1360. The Morgan fingerprint density at radius 1 is 1.19 bits per heavy atom. The molecular formula is C21H23N9O2. The Morgan fingerprint density at radius 2 is 2.09 bits per heavy atom. The van der Waals surface area contributed by atoms with E-state index in [0.717, 1.165) is 47.2 Å². The van der Waals surface area contributed by atoms with Crippen molar-refractivity contribution in [1.82, 2.24) is 34.9 Å². The summed E-state index contributed by atoms with van der Waals surface area (Å²) in [5.41, 5.74) is 4.97. The van der Waals surface area contributed by atoms with Gasteiger partial charge in [-0.05, 0) is 37.0 Å². The van der Waals surface area contributed by atoms with E-state index < -0.39 is 0 Å². The third-order valence-electron chi connectivity index (χ3n) is 6.11. The number of ether oxygens (including phenoxy) is 1. The minimum absolute atomic E-state index is 0.0496. The van der Waals surface area contributed by atoms with Crippen LogP contribution in [0.25, 0.3) is 16.7 Å². The van der Waals surface area contributed by atoms with E-state index in [2.05, 4.69) is 36.2 Å². The van der Waals surface area contributed by atoms with Crippen LogP contribution in [0.2, 0.25) is 0 Å². The van der Waals surface area contributed by atoms with Crippen LogP contribution in [0.4, 0.5) is 17.2 Å². The number of benzene rings is 1. The highest BCUT2D eigenvalue weighted by Gasteiger charge is 2.31. The number of aromatic nitrogens is 6. The highest BCUT2D eigenvalue weighted by molar-refractivity contribution is 5.94. The fourth-order valence-corrected chi connectivity index (χ4v) is 4.60. The van der Waals surface area contributed by atoms with Crippen LogP contribution in [-0.4, -0.2) is 54.7 Å². The van der Waals surface area contributed by atoms with Gasteiger partial charge in [0, 0.05) is 20.2 Å². The van der Waals surface area contributed by atoms with Gasteiger partial charge in [-0.3, -0.25) is 4.79 Å². The maximum Gasteiger partial charge on any atom is 0.271 e. The first kappa shape index (κ1) is 19.0. The monoisotopic (exact) mass is 433 g/mol. The highest BCUT2D eigenvalue weighted by atomic mass is 16.5. The summed E-state index contributed by atoms with van der Waals surface area (Å²) in [5, 5.41) is 23.3. The maximum absolute atomic E-state index is 13.1. The standard InChI is InChI=1S/C21H23N9O2/c1-22-15-8-18-24-13-6-11(7-14-19(13)28-29(2)26-14)10-32-17-5-3-4-12(17)25-21(31)16-9-23-20(15)30(16)27-18/h6-9,12,17,22H,3-5,10H2,1-2H3,(H,24,27)(H,25,31)/t12-,17+/m1/s1. The number of amides is 1. The second-order valence-corrected chi connectivity index (χ2v) is 8.26. The van der Waals surface area contributed by atoms with Gasteiger partial charge in [0.15, 0.2) is 17.2 Å². The summed E-state index contributed by atoms with van der Waals surface area (Å²) in [6, 6.07) is 5.81. The first-order valence-electron chi connectivity index (χ1n) is 10.7. The number of fused-ring (bicyclic) bond motifs is 6. The smallest absolute Gasteiger partial charge is 0.271 e. The van der Waals surface area contributed by atoms with Gasteiger partial charge >= 0.3 is 0 Å². The number of carbonyl (C=O) groups excluding carboxylic acids is 1. The molecule has 4 bridgehead atoms. The molecule has 3 N–H and O–H groups in total. The fraction of sp³-hybridized carbons (Fsp3) is 0.381. The van der Waals surface area contributed by atoms with E-state index in [1.165, 1.54) is 0 Å². The third kappa shape index (κ3) is 3.04. The molecule has 4 aromatic rings. The normalized spacial score (nSPS) is 20.8. The van der Waals surface area contributed by atoms with Crippen molar-refractivity contribution in [1.29, 1.82) is 0 Å². The Kier molecular flexibility index (Phi) is 4.25. The highest BCUT2D eigenvalue weighted by Crippen LogP contribution is 2.30. The van der Waals surface area contributed by atoms with E-state index in [-0.39, 0.29) is 18.1 Å². The van der Waals surface area contributed by atoms with Crippen LogP contribution in [0.1, 0.15) is 35.3 Å². The minimum Gasteiger partial charge on any atom is -0.385 e. The molecule has 1 aliphatic heterocycles. The molecule has 0 spiro atoms. The molecule has 2 aliphatic rings. The molecule has 11 heteroatoms. The summed E-state index contributed by atoms with van der Waals surface area (Å²) in [7, 11) is 3.61. The van der Waals surface area contributed by atoms with Crippen molar-refractivity contribution in [3.8, 4) is 0 Å². The number of anilines is 3. The molecule has 1 fully saturated rings. The lowest BCUT2D eigenvalue weighted by Crippen LogP contribution is -2.41. The van der Waals surface area contributed by atoms with Crippen LogP contribution in [0.5, 0.6) is 0 Å². The van der Waals surface area contributed by atoms with Crippen LogP contribution in [0.3, 0.4) is 0 Å². The van der Waals surface area contributed by atoms with E-state index >= 15 is 0 Å². The van der Waals surface area contributed by atoms with Gasteiger partial charge < -0.3 is 20.7 Å². The van der Waals surface area contributed by atoms with Gasteiger partial charge in [-0.2, -0.15) is 15.0 Å². The summed E-state index contributed by atoms with van der Waals surface area (Å²) in [5.74, 6) is 0.339. The second kappa shape index (κ2) is 7.16. The van der Waals surface area contributed by atoms with Crippen molar-refractivity contribution in [2.45, 2.75) is 38.0 Å². The van der Waals surface area contributed by atoms with E-state index in [4.69, 9.17) is 4.74 Å². The lowest BCUT2D eigenvalue weighted by molar-refractivity contribution is 0.0271. The molecule has 1 amide bonds. The Morgan fingerprint density at radius 3 is 2.97 bits per heavy atom. The van der Waals surface area contributed by atoms with E-state index in [0.29, 0.717) is 23.8 Å².